The van der Waals surface area contributed by atoms with E-state index in [-0.39, 0.29) is 24.2 Å². The molecule has 2 unspecified atom stereocenters. The van der Waals surface area contributed by atoms with E-state index in [0.717, 1.165) is 18.2 Å². The number of alkyl halides is 1. The topological polar surface area (TPSA) is 38.3 Å². The molecule has 2 atom stereocenters. The van der Waals surface area contributed by atoms with Crippen LogP contribution in [0.4, 0.5) is 0 Å². The van der Waals surface area contributed by atoms with E-state index < -0.39 is 0 Å². The van der Waals surface area contributed by atoms with Crippen molar-refractivity contribution in [2.75, 3.05) is 11.9 Å². The maximum absolute atomic E-state index is 11.8. The first kappa shape index (κ1) is 15.0. The quantitative estimate of drug-likeness (QED) is 0.793. The molecule has 0 spiro atoms. The molecule has 17 heavy (non-hydrogen) atoms. The zero-order valence-corrected chi connectivity index (χ0v) is 12.7. The molecule has 1 saturated carbocycles. The van der Waals surface area contributed by atoms with E-state index in [2.05, 4.69) is 28.2 Å². The summed E-state index contributed by atoms with van der Waals surface area (Å²) in [6.07, 6.45) is 4.69. The Balaban J connectivity index is 2.47. The molecular formula is C13H24BrNO2. The Morgan fingerprint density at radius 1 is 1.59 bits per heavy atom. The second-order valence-electron chi connectivity index (χ2n) is 5.52. The van der Waals surface area contributed by atoms with Crippen molar-refractivity contribution in [1.82, 2.24) is 5.32 Å². The second-order valence-corrected chi connectivity index (χ2v) is 6.08. The Morgan fingerprint density at radius 3 is 2.82 bits per heavy atom. The number of carbonyl (C=O) groups excluding carboxylic acids is 1. The highest BCUT2D eigenvalue weighted by Crippen LogP contribution is 2.33. The van der Waals surface area contributed by atoms with E-state index in [1.54, 1.807) is 0 Å². The average molecular weight is 306 g/mol. The van der Waals surface area contributed by atoms with Crippen LogP contribution in [-0.2, 0) is 9.53 Å². The van der Waals surface area contributed by atoms with Gasteiger partial charge in [-0.15, -0.1) is 0 Å². The van der Waals surface area contributed by atoms with Crippen molar-refractivity contribution in [3.05, 3.63) is 0 Å². The molecule has 4 heteroatoms. The Labute approximate surface area is 113 Å². The molecule has 100 valence electrons. The molecule has 0 heterocycles. The van der Waals surface area contributed by atoms with Gasteiger partial charge in [0.05, 0.1) is 11.6 Å². The van der Waals surface area contributed by atoms with Crippen molar-refractivity contribution in [3.63, 3.8) is 0 Å². The maximum Gasteiger partial charge on any atom is 0.246 e. The van der Waals surface area contributed by atoms with Gasteiger partial charge in [0.15, 0.2) is 0 Å². The highest BCUT2D eigenvalue weighted by Gasteiger charge is 2.35. The van der Waals surface area contributed by atoms with Crippen molar-refractivity contribution in [2.45, 2.75) is 58.1 Å². The molecular weight excluding hydrogens is 282 g/mol. The van der Waals surface area contributed by atoms with Gasteiger partial charge in [0.1, 0.15) is 6.61 Å². The third-order valence-electron chi connectivity index (χ3n) is 3.30. The maximum atomic E-state index is 11.8. The lowest BCUT2D eigenvalue weighted by Gasteiger charge is -2.39. The number of ether oxygens (including phenoxy) is 1. The van der Waals surface area contributed by atoms with Gasteiger partial charge in [0.25, 0.3) is 0 Å². The number of hydrogen-bond acceptors (Lipinski definition) is 2. The van der Waals surface area contributed by atoms with Gasteiger partial charge in [0, 0.05) is 5.33 Å². The minimum Gasteiger partial charge on any atom is -0.369 e. The van der Waals surface area contributed by atoms with Crippen molar-refractivity contribution >= 4 is 21.8 Å². The summed E-state index contributed by atoms with van der Waals surface area (Å²) in [6.45, 7) is 6.31. The van der Waals surface area contributed by atoms with E-state index in [9.17, 15) is 4.79 Å². The number of nitrogens with one attached hydrogen (secondary N) is 1. The molecule has 0 aliphatic heterocycles. The van der Waals surface area contributed by atoms with Gasteiger partial charge >= 0.3 is 0 Å². The normalized spacial score (nSPS) is 29.4. The number of amides is 1. The molecule has 0 bridgehead atoms. The van der Waals surface area contributed by atoms with Crippen LogP contribution in [-0.4, -0.2) is 29.5 Å². The highest BCUT2D eigenvalue weighted by atomic mass is 79.9. The molecule has 0 radical (unpaired) electrons. The van der Waals surface area contributed by atoms with Crippen molar-refractivity contribution in [1.29, 1.82) is 0 Å². The molecule has 1 rings (SSSR count). The Hall–Kier alpha value is -0.0900. The molecule has 3 nitrogen and oxygen atoms in total. The zero-order valence-electron chi connectivity index (χ0n) is 11.1. The lowest BCUT2D eigenvalue weighted by atomic mass is 9.77. The Bertz CT molecular complexity index is 258. The van der Waals surface area contributed by atoms with Crippen LogP contribution < -0.4 is 5.32 Å². The first-order chi connectivity index (χ1) is 7.97. The number of halogens is 1. The predicted octanol–water partition coefficient (Wildman–Crippen LogP) is 2.87. The van der Waals surface area contributed by atoms with Crippen LogP contribution in [0, 0.1) is 5.92 Å². The van der Waals surface area contributed by atoms with Crippen LogP contribution in [0.25, 0.3) is 0 Å². The molecule has 0 saturated heterocycles. The summed E-state index contributed by atoms with van der Waals surface area (Å²) >= 11 is 3.55. The Morgan fingerprint density at radius 2 is 2.29 bits per heavy atom. The molecule has 1 N–H and O–H groups in total. The van der Waals surface area contributed by atoms with E-state index in [1.807, 2.05) is 13.8 Å². The minimum absolute atomic E-state index is 0.00671. The zero-order chi connectivity index (χ0) is 12.9. The fourth-order valence-electron chi connectivity index (χ4n) is 2.50. The molecule has 0 aromatic heterocycles. The summed E-state index contributed by atoms with van der Waals surface area (Å²) in [7, 11) is 0. The Kier molecular flexibility index (Phi) is 5.93. The molecule has 1 fully saturated rings. The SMILES string of the molecule is CC1CCCC(CBr)(NC(=O)COC(C)C)C1. The van der Waals surface area contributed by atoms with Gasteiger partial charge in [-0.3, -0.25) is 4.79 Å². The van der Waals surface area contributed by atoms with Crippen molar-refractivity contribution in [3.8, 4) is 0 Å². The first-order valence-electron chi connectivity index (χ1n) is 6.46. The fraction of sp³-hybridized carbons (Fsp3) is 0.923. The van der Waals surface area contributed by atoms with Gasteiger partial charge in [0.2, 0.25) is 5.91 Å². The van der Waals surface area contributed by atoms with E-state index in [1.165, 1.54) is 12.8 Å². The standard InChI is InChI=1S/C13H24BrNO2/c1-10(2)17-8-12(16)15-13(9-14)6-4-5-11(3)7-13/h10-11H,4-9H2,1-3H3,(H,15,16). The summed E-state index contributed by atoms with van der Waals surface area (Å²) < 4.78 is 5.33. The molecule has 1 aliphatic carbocycles. The highest BCUT2D eigenvalue weighted by molar-refractivity contribution is 9.09. The van der Waals surface area contributed by atoms with Crippen LogP contribution in [0.3, 0.4) is 0 Å². The first-order valence-corrected chi connectivity index (χ1v) is 7.58. The summed E-state index contributed by atoms with van der Waals surface area (Å²) in [5.41, 5.74) is -0.0604. The van der Waals surface area contributed by atoms with Crippen LogP contribution in [0.2, 0.25) is 0 Å². The lowest BCUT2D eigenvalue weighted by Crippen LogP contribution is -2.53. The monoisotopic (exact) mass is 305 g/mol. The van der Waals surface area contributed by atoms with Gasteiger partial charge < -0.3 is 10.1 Å². The summed E-state index contributed by atoms with van der Waals surface area (Å²) in [6, 6.07) is 0. The molecule has 0 aromatic carbocycles. The molecule has 1 aliphatic rings. The summed E-state index contributed by atoms with van der Waals surface area (Å²) in [5, 5.41) is 3.99. The van der Waals surface area contributed by atoms with Gasteiger partial charge in [-0.1, -0.05) is 35.7 Å². The second kappa shape index (κ2) is 6.74. The van der Waals surface area contributed by atoms with Gasteiger partial charge in [-0.05, 0) is 32.6 Å². The number of hydrogen-bond donors (Lipinski definition) is 1. The number of rotatable bonds is 5. The van der Waals surface area contributed by atoms with E-state index in [4.69, 9.17) is 4.74 Å². The van der Waals surface area contributed by atoms with Crippen LogP contribution >= 0.6 is 15.9 Å². The number of carbonyl (C=O) groups is 1. The van der Waals surface area contributed by atoms with Gasteiger partial charge in [-0.2, -0.15) is 0 Å². The van der Waals surface area contributed by atoms with Crippen LogP contribution in [0.5, 0.6) is 0 Å². The third kappa shape index (κ3) is 4.96. The molecule has 1 amide bonds. The smallest absolute Gasteiger partial charge is 0.246 e. The largest absolute Gasteiger partial charge is 0.369 e. The summed E-state index contributed by atoms with van der Waals surface area (Å²) in [4.78, 5) is 11.8. The third-order valence-corrected chi connectivity index (χ3v) is 4.37. The predicted molar refractivity (Wildman–Crippen MR) is 73.4 cm³/mol. The molecule has 0 aromatic rings. The lowest BCUT2D eigenvalue weighted by molar-refractivity contribution is -0.129. The van der Waals surface area contributed by atoms with Crippen molar-refractivity contribution in [2.24, 2.45) is 5.92 Å². The van der Waals surface area contributed by atoms with E-state index >= 15 is 0 Å². The van der Waals surface area contributed by atoms with Crippen LogP contribution in [0.1, 0.15) is 46.5 Å². The van der Waals surface area contributed by atoms with Crippen molar-refractivity contribution < 1.29 is 9.53 Å². The minimum atomic E-state index is -0.0604. The average Bonchev–Trinajstić information content (AvgIpc) is 2.26. The fourth-order valence-corrected chi connectivity index (χ4v) is 3.15. The van der Waals surface area contributed by atoms with E-state index in [0.29, 0.717) is 5.92 Å². The van der Waals surface area contributed by atoms with Gasteiger partial charge in [-0.25, -0.2) is 0 Å². The summed E-state index contributed by atoms with van der Waals surface area (Å²) in [5.74, 6) is 0.694. The van der Waals surface area contributed by atoms with Crippen LogP contribution in [0.15, 0.2) is 0 Å².